The van der Waals surface area contributed by atoms with E-state index in [9.17, 15) is 0 Å². The first kappa shape index (κ1) is 17.2. The Labute approximate surface area is 145 Å². The first-order valence-corrected chi connectivity index (χ1v) is 9.08. The zero-order chi connectivity index (χ0) is 17.0. The molecule has 130 valence electrons. The minimum Gasteiger partial charge on any atom is -0.424 e. The smallest absolute Gasteiger partial charge is 0.230 e. The largest absolute Gasteiger partial charge is 0.424 e. The highest BCUT2D eigenvalue weighted by atomic mass is 16.4. The van der Waals surface area contributed by atoms with Crippen LogP contribution in [0.15, 0.2) is 34.7 Å². The highest BCUT2D eigenvalue weighted by molar-refractivity contribution is 5.17. The molecule has 1 aromatic carbocycles. The van der Waals surface area contributed by atoms with Gasteiger partial charge in [-0.2, -0.15) is 0 Å². The topological polar surface area (TPSA) is 42.2 Å². The minimum absolute atomic E-state index is 0.406. The van der Waals surface area contributed by atoms with Crippen LogP contribution in [0, 0.1) is 11.3 Å². The average Bonchev–Trinajstić information content (AvgIpc) is 2.82. The predicted molar refractivity (Wildman–Crippen MR) is 95.6 cm³/mol. The fraction of sp³-hybridized carbons (Fsp3) is 0.600. The van der Waals surface area contributed by atoms with E-state index < -0.39 is 0 Å². The molecule has 1 unspecified atom stereocenters. The van der Waals surface area contributed by atoms with E-state index in [-0.39, 0.29) is 0 Å². The van der Waals surface area contributed by atoms with E-state index in [4.69, 9.17) is 4.42 Å². The van der Waals surface area contributed by atoms with Gasteiger partial charge in [0.05, 0.1) is 13.0 Å². The lowest BCUT2D eigenvalue weighted by molar-refractivity contribution is 0.201. The molecule has 0 spiro atoms. The minimum atomic E-state index is 0.406. The van der Waals surface area contributed by atoms with Gasteiger partial charge in [0.2, 0.25) is 11.8 Å². The van der Waals surface area contributed by atoms with Crippen LogP contribution in [0.25, 0.3) is 0 Å². The summed E-state index contributed by atoms with van der Waals surface area (Å²) in [5.74, 6) is 2.26. The van der Waals surface area contributed by atoms with Gasteiger partial charge in [-0.05, 0) is 49.2 Å². The molecule has 24 heavy (non-hydrogen) atoms. The number of hydrogen-bond acceptors (Lipinski definition) is 4. The Balaban J connectivity index is 1.55. The molecule has 0 saturated carbocycles. The van der Waals surface area contributed by atoms with Crippen LogP contribution in [-0.4, -0.2) is 28.2 Å². The molecule has 3 rings (SSSR count). The zero-order valence-corrected chi connectivity index (χ0v) is 15.2. The highest BCUT2D eigenvalue weighted by Gasteiger charge is 2.27. The molecule has 0 N–H and O–H groups in total. The maximum Gasteiger partial charge on any atom is 0.230 e. The Hall–Kier alpha value is -1.68. The molecule has 2 heterocycles. The average molecular weight is 327 g/mol. The second-order valence-electron chi connectivity index (χ2n) is 8.02. The number of rotatable bonds is 4. The summed E-state index contributed by atoms with van der Waals surface area (Å²) < 4.78 is 5.86. The third kappa shape index (κ3) is 4.67. The van der Waals surface area contributed by atoms with Gasteiger partial charge >= 0.3 is 0 Å². The van der Waals surface area contributed by atoms with Crippen molar-refractivity contribution in [1.82, 2.24) is 15.1 Å². The van der Waals surface area contributed by atoms with Crippen molar-refractivity contribution in [3.05, 3.63) is 47.7 Å². The van der Waals surface area contributed by atoms with E-state index in [0.717, 1.165) is 31.4 Å². The molecule has 1 saturated heterocycles. The summed E-state index contributed by atoms with van der Waals surface area (Å²) in [4.78, 5) is 2.46. The maximum atomic E-state index is 5.86. The summed E-state index contributed by atoms with van der Waals surface area (Å²) in [6.07, 6.45) is 4.55. The van der Waals surface area contributed by atoms with Crippen LogP contribution in [0.4, 0.5) is 0 Å². The summed E-state index contributed by atoms with van der Waals surface area (Å²) >= 11 is 0. The van der Waals surface area contributed by atoms with Crippen molar-refractivity contribution >= 4 is 0 Å². The van der Waals surface area contributed by atoms with E-state index in [0.29, 0.717) is 17.7 Å². The fourth-order valence-corrected chi connectivity index (χ4v) is 3.57. The van der Waals surface area contributed by atoms with Crippen LogP contribution >= 0.6 is 0 Å². The van der Waals surface area contributed by atoms with Gasteiger partial charge in [0, 0.05) is 0 Å². The van der Waals surface area contributed by atoms with Gasteiger partial charge in [0.25, 0.3) is 0 Å². The van der Waals surface area contributed by atoms with Crippen LogP contribution in [0.2, 0.25) is 0 Å². The monoisotopic (exact) mass is 327 g/mol. The number of aromatic nitrogens is 2. The van der Waals surface area contributed by atoms with Crippen molar-refractivity contribution in [3.8, 4) is 0 Å². The first-order chi connectivity index (χ1) is 11.5. The SMILES string of the molecule is CC(C)(C)C1CCCN(Cc2nnc(Cc3ccccc3)o2)CC1. The van der Waals surface area contributed by atoms with Gasteiger partial charge < -0.3 is 4.42 Å². The lowest BCUT2D eigenvalue weighted by Crippen LogP contribution is -2.26. The van der Waals surface area contributed by atoms with E-state index >= 15 is 0 Å². The Morgan fingerprint density at radius 2 is 1.79 bits per heavy atom. The Morgan fingerprint density at radius 3 is 2.54 bits per heavy atom. The molecule has 0 radical (unpaired) electrons. The molecule has 0 bridgehead atoms. The lowest BCUT2D eigenvalue weighted by atomic mass is 9.77. The molecule has 1 fully saturated rings. The van der Waals surface area contributed by atoms with Crippen molar-refractivity contribution in [3.63, 3.8) is 0 Å². The summed E-state index contributed by atoms with van der Waals surface area (Å²) in [5, 5.41) is 8.46. The molecular weight excluding hydrogens is 298 g/mol. The number of benzene rings is 1. The summed E-state index contributed by atoms with van der Waals surface area (Å²) in [6, 6.07) is 10.3. The lowest BCUT2D eigenvalue weighted by Gasteiger charge is -2.29. The predicted octanol–water partition coefficient (Wildman–Crippen LogP) is 4.31. The second kappa shape index (κ2) is 7.47. The zero-order valence-electron chi connectivity index (χ0n) is 15.2. The van der Waals surface area contributed by atoms with Crippen LogP contribution in [-0.2, 0) is 13.0 Å². The molecule has 0 amide bonds. The van der Waals surface area contributed by atoms with Crippen molar-refractivity contribution in [2.24, 2.45) is 11.3 Å². The number of likely N-dealkylation sites (tertiary alicyclic amines) is 1. The van der Waals surface area contributed by atoms with Crippen molar-refractivity contribution in [2.75, 3.05) is 13.1 Å². The molecule has 1 aliphatic rings. The standard InChI is InChI=1S/C20H29N3O/c1-20(2,3)17-10-7-12-23(13-11-17)15-19-22-21-18(24-19)14-16-8-5-4-6-9-16/h4-6,8-9,17H,7,10-15H2,1-3H3. The van der Waals surface area contributed by atoms with E-state index in [1.165, 1.54) is 24.8 Å². The van der Waals surface area contributed by atoms with Gasteiger partial charge in [-0.25, -0.2) is 0 Å². The number of hydrogen-bond donors (Lipinski definition) is 0. The van der Waals surface area contributed by atoms with Crippen LogP contribution in [0.1, 0.15) is 57.4 Å². The Bertz CT molecular complexity index is 630. The second-order valence-corrected chi connectivity index (χ2v) is 8.02. The summed E-state index contributed by atoms with van der Waals surface area (Å²) in [6.45, 7) is 10.1. The van der Waals surface area contributed by atoms with Gasteiger partial charge in [0.15, 0.2) is 0 Å². The van der Waals surface area contributed by atoms with Crippen LogP contribution in [0.3, 0.4) is 0 Å². The number of nitrogens with zero attached hydrogens (tertiary/aromatic N) is 3. The van der Waals surface area contributed by atoms with Crippen molar-refractivity contribution in [2.45, 2.75) is 53.0 Å². The third-order valence-electron chi connectivity index (χ3n) is 5.11. The van der Waals surface area contributed by atoms with Gasteiger partial charge in [-0.15, -0.1) is 10.2 Å². The van der Waals surface area contributed by atoms with E-state index in [1.54, 1.807) is 0 Å². The quantitative estimate of drug-likeness (QED) is 0.839. The normalized spacial score (nSPS) is 20.0. The van der Waals surface area contributed by atoms with Gasteiger partial charge in [0.1, 0.15) is 0 Å². The van der Waals surface area contributed by atoms with E-state index in [1.807, 2.05) is 18.2 Å². The maximum absolute atomic E-state index is 5.86. The highest BCUT2D eigenvalue weighted by Crippen LogP contribution is 2.34. The summed E-state index contributed by atoms with van der Waals surface area (Å²) in [7, 11) is 0. The Morgan fingerprint density at radius 1 is 1.04 bits per heavy atom. The Kier molecular flexibility index (Phi) is 5.34. The summed E-state index contributed by atoms with van der Waals surface area (Å²) in [5.41, 5.74) is 1.61. The molecule has 4 nitrogen and oxygen atoms in total. The molecular formula is C20H29N3O. The fourth-order valence-electron chi connectivity index (χ4n) is 3.57. The van der Waals surface area contributed by atoms with Crippen LogP contribution in [0.5, 0.6) is 0 Å². The van der Waals surface area contributed by atoms with Crippen LogP contribution < -0.4 is 0 Å². The van der Waals surface area contributed by atoms with E-state index in [2.05, 4.69) is 48.0 Å². The molecule has 0 aliphatic carbocycles. The van der Waals surface area contributed by atoms with Crippen molar-refractivity contribution in [1.29, 1.82) is 0 Å². The molecule has 2 aromatic rings. The van der Waals surface area contributed by atoms with Crippen molar-refractivity contribution < 1.29 is 4.42 Å². The molecule has 1 atom stereocenters. The van der Waals surface area contributed by atoms with Gasteiger partial charge in [-0.3, -0.25) is 4.90 Å². The van der Waals surface area contributed by atoms with Gasteiger partial charge in [-0.1, -0.05) is 51.1 Å². The molecule has 4 heteroatoms. The molecule has 1 aliphatic heterocycles. The third-order valence-corrected chi connectivity index (χ3v) is 5.11. The molecule has 1 aromatic heterocycles. The first-order valence-electron chi connectivity index (χ1n) is 9.08.